The second-order valence-electron chi connectivity index (χ2n) is 8.07. The van der Waals surface area contributed by atoms with Crippen LogP contribution in [0.4, 0.5) is 0 Å². The lowest BCUT2D eigenvalue weighted by molar-refractivity contribution is -0.175. The Morgan fingerprint density at radius 1 is 1.03 bits per heavy atom. The van der Waals surface area contributed by atoms with E-state index in [2.05, 4.69) is 6.07 Å². The Morgan fingerprint density at radius 2 is 1.66 bits per heavy atom. The van der Waals surface area contributed by atoms with Crippen molar-refractivity contribution in [2.24, 2.45) is 5.41 Å². The molecule has 0 aliphatic carbocycles. The first-order chi connectivity index (χ1) is 15.5. The number of carbonyl (C=O) groups is 2. The van der Waals surface area contributed by atoms with E-state index in [0.29, 0.717) is 0 Å². The quantitative estimate of drug-likeness (QED) is 0.524. The number of carbonyl (C=O) groups excluding carboxylic acids is 2. The molecule has 2 heterocycles. The zero-order valence-electron chi connectivity index (χ0n) is 18.4. The van der Waals surface area contributed by atoms with Crippen molar-refractivity contribution in [2.45, 2.75) is 38.8 Å². The molecule has 0 unspecified atom stereocenters. The number of nitrogens with zero attached hydrogens (tertiary/aromatic N) is 2. The summed E-state index contributed by atoms with van der Waals surface area (Å²) in [5, 5.41) is 10.3. The molecule has 0 N–H and O–H groups in total. The normalized spacial score (nSPS) is 22.4. The summed E-state index contributed by atoms with van der Waals surface area (Å²) in [4.78, 5) is 29.4. The molecule has 4 rings (SSSR count). The summed E-state index contributed by atoms with van der Waals surface area (Å²) in [6.07, 6.45) is 3.72. The molecule has 6 nitrogen and oxygen atoms in total. The van der Waals surface area contributed by atoms with E-state index in [9.17, 15) is 14.9 Å². The van der Waals surface area contributed by atoms with E-state index in [1.807, 2.05) is 72.6 Å². The van der Waals surface area contributed by atoms with Crippen LogP contribution in [0.15, 0.2) is 54.7 Å². The van der Waals surface area contributed by atoms with Crippen molar-refractivity contribution in [3.8, 4) is 6.07 Å². The van der Waals surface area contributed by atoms with Gasteiger partial charge in [-0.2, -0.15) is 5.26 Å². The maximum Gasteiger partial charge on any atom is 0.326 e. The fourth-order valence-corrected chi connectivity index (χ4v) is 5.07. The number of ether oxygens (including phenoxy) is 2. The average molecular weight is 431 g/mol. The highest BCUT2D eigenvalue weighted by molar-refractivity contribution is 6.03. The second-order valence-corrected chi connectivity index (χ2v) is 8.07. The van der Waals surface area contributed by atoms with Gasteiger partial charge in [0, 0.05) is 12.1 Å². The molecular weight excluding hydrogens is 404 g/mol. The van der Waals surface area contributed by atoms with Crippen LogP contribution in [0.2, 0.25) is 0 Å². The third kappa shape index (κ3) is 3.08. The Morgan fingerprint density at radius 3 is 2.25 bits per heavy atom. The molecule has 2 aliphatic heterocycles. The van der Waals surface area contributed by atoms with Crippen LogP contribution in [0.1, 0.15) is 48.1 Å². The summed E-state index contributed by atoms with van der Waals surface area (Å²) in [5.74, 6) is -2.10. The summed E-state index contributed by atoms with van der Waals surface area (Å²) in [7, 11) is 0. The molecule has 2 aromatic rings. The number of hydrogen-bond acceptors (Lipinski definition) is 6. The summed E-state index contributed by atoms with van der Waals surface area (Å²) in [6.45, 7) is 5.61. The summed E-state index contributed by atoms with van der Waals surface area (Å²) < 4.78 is 11.1. The standard InChI is InChI=1S/C26H26N2O4/c1-4-31-24(29)26(25(30)32-5-2)22(19-12-10-17(3)11-13-19)21(16-27)28-15-14-18-8-6-7-9-20(18)23(26)28/h6-15,21-23H,4-5H2,1-3H3/t21-,22-,23-/m1/s1. The minimum atomic E-state index is -1.73. The Kier molecular flexibility index (Phi) is 5.75. The Bertz CT molecular complexity index is 1080. The van der Waals surface area contributed by atoms with Crippen LogP contribution < -0.4 is 0 Å². The topological polar surface area (TPSA) is 79.6 Å². The second kappa shape index (κ2) is 8.51. The third-order valence-electron chi connectivity index (χ3n) is 6.37. The van der Waals surface area contributed by atoms with E-state index in [1.165, 1.54) is 0 Å². The Balaban J connectivity index is 2.05. The largest absolute Gasteiger partial charge is 0.465 e. The van der Waals surface area contributed by atoms with Gasteiger partial charge in [0.2, 0.25) is 0 Å². The van der Waals surface area contributed by atoms with Crippen LogP contribution >= 0.6 is 0 Å². The monoisotopic (exact) mass is 430 g/mol. The lowest BCUT2D eigenvalue weighted by atomic mass is 9.66. The van der Waals surface area contributed by atoms with Crippen molar-refractivity contribution >= 4 is 18.0 Å². The van der Waals surface area contributed by atoms with Gasteiger partial charge in [-0.1, -0.05) is 54.1 Å². The first-order valence-corrected chi connectivity index (χ1v) is 10.9. The van der Waals surface area contributed by atoms with Gasteiger partial charge in [-0.25, -0.2) is 0 Å². The molecule has 0 bridgehead atoms. The van der Waals surface area contributed by atoms with Crippen molar-refractivity contribution in [2.75, 3.05) is 13.2 Å². The molecule has 32 heavy (non-hydrogen) atoms. The van der Waals surface area contributed by atoms with E-state index in [1.54, 1.807) is 13.8 Å². The van der Waals surface area contributed by atoms with Gasteiger partial charge in [0.1, 0.15) is 6.04 Å². The lowest BCUT2D eigenvalue weighted by Gasteiger charge is -2.38. The summed E-state index contributed by atoms with van der Waals surface area (Å²) in [5.41, 5.74) is 1.73. The first kappa shape index (κ1) is 21.6. The predicted molar refractivity (Wildman–Crippen MR) is 119 cm³/mol. The molecule has 2 aliphatic rings. The number of fused-ring (bicyclic) bond motifs is 3. The lowest BCUT2D eigenvalue weighted by Crippen LogP contribution is -2.49. The van der Waals surface area contributed by atoms with Gasteiger partial charge in [-0.05, 0) is 43.5 Å². The zero-order valence-corrected chi connectivity index (χ0v) is 18.4. The van der Waals surface area contributed by atoms with Gasteiger partial charge >= 0.3 is 11.9 Å². The van der Waals surface area contributed by atoms with Gasteiger partial charge in [0.05, 0.1) is 25.3 Å². The van der Waals surface area contributed by atoms with Gasteiger partial charge in [-0.3, -0.25) is 9.59 Å². The van der Waals surface area contributed by atoms with Gasteiger partial charge in [-0.15, -0.1) is 0 Å². The van der Waals surface area contributed by atoms with E-state index in [4.69, 9.17) is 9.47 Å². The van der Waals surface area contributed by atoms with E-state index in [0.717, 1.165) is 22.3 Å². The molecular formula is C26H26N2O4. The zero-order chi connectivity index (χ0) is 22.9. The van der Waals surface area contributed by atoms with Crippen LogP contribution in [0.5, 0.6) is 0 Å². The van der Waals surface area contributed by atoms with Crippen molar-refractivity contribution < 1.29 is 19.1 Å². The smallest absolute Gasteiger partial charge is 0.326 e. The highest BCUT2D eigenvalue weighted by atomic mass is 16.6. The van der Waals surface area contributed by atoms with Crippen molar-refractivity contribution in [3.05, 3.63) is 77.0 Å². The number of hydrogen-bond donors (Lipinski definition) is 0. The fraction of sp³-hybridized carbons (Fsp3) is 0.346. The Labute approximate surface area is 188 Å². The van der Waals surface area contributed by atoms with Gasteiger partial charge in [0.15, 0.2) is 5.41 Å². The molecule has 1 fully saturated rings. The molecule has 6 heteroatoms. The number of benzene rings is 2. The summed E-state index contributed by atoms with van der Waals surface area (Å²) in [6, 6.07) is 16.1. The molecule has 0 amide bonds. The maximum atomic E-state index is 13.8. The van der Waals surface area contributed by atoms with Gasteiger partial charge in [0.25, 0.3) is 0 Å². The van der Waals surface area contributed by atoms with Crippen LogP contribution in [0.25, 0.3) is 6.08 Å². The molecule has 1 saturated heterocycles. The SMILES string of the molecule is CCOC(=O)C1(C(=O)OCC)[C@H](c2ccc(C)cc2)[C@@H](C#N)N2C=Cc3ccccc3[C@@H]21. The fourth-order valence-electron chi connectivity index (χ4n) is 5.07. The van der Waals surface area contributed by atoms with Crippen LogP contribution in [0.3, 0.4) is 0 Å². The number of nitriles is 1. The van der Waals surface area contributed by atoms with Crippen molar-refractivity contribution in [1.29, 1.82) is 5.26 Å². The molecule has 0 radical (unpaired) electrons. The minimum Gasteiger partial charge on any atom is -0.465 e. The Hall–Kier alpha value is -3.59. The van der Waals surface area contributed by atoms with Crippen LogP contribution in [-0.2, 0) is 19.1 Å². The van der Waals surface area contributed by atoms with Crippen LogP contribution in [-0.4, -0.2) is 36.1 Å². The van der Waals surface area contributed by atoms with Crippen LogP contribution in [0, 0.1) is 23.7 Å². The highest BCUT2D eigenvalue weighted by Gasteiger charge is 2.70. The van der Waals surface area contributed by atoms with Gasteiger partial charge < -0.3 is 14.4 Å². The van der Waals surface area contributed by atoms with Crippen molar-refractivity contribution in [3.63, 3.8) is 0 Å². The van der Waals surface area contributed by atoms with E-state index < -0.39 is 35.4 Å². The number of rotatable bonds is 5. The highest BCUT2D eigenvalue weighted by Crippen LogP contribution is 2.61. The molecule has 164 valence electrons. The van der Waals surface area contributed by atoms with E-state index >= 15 is 0 Å². The summed E-state index contributed by atoms with van der Waals surface area (Å²) >= 11 is 0. The molecule has 0 spiro atoms. The minimum absolute atomic E-state index is 0.113. The van der Waals surface area contributed by atoms with E-state index in [-0.39, 0.29) is 13.2 Å². The molecule has 3 atom stereocenters. The molecule has 0 aromatic heterocycles. The third-order valence-corrected chi connectivity index (χ3v) is 6.37. The number of esters is 2. The predicted octanol–water partition coefficient (Wildman–Crippen LogP) is 4.12. The number of aryl methyl sites for hydroxylation is 1. The first-order valence-electron chi connectivity index (χ1n) is 10.9. The van der Waals surface area contributed by atoms with Crippen molar-refractivity contribution in [1.82, 2.24) is 4.90 Å². The molecule has 0 saturated carbocycles. The average Bonchev–Trinajstić information content (AvgIpc) is 3.11. The molecule has 2 aromatic carbocycles. The maximum absolute atomic E-state index is 13.8.